The number of halogens is 13. The van der Waals surface area contributed by atoms with Crippen LogP contribution in [0.15, 0.2) is 0 Å². The molecule has 0 saturated carbocycles. The van der Waals surface area contributed by atoms with E-state index in [4.69, 9.17) is 5.11 Å². The van der Waals surface area contributed by atoms with E-state index in [1.54, 1.807) is 0 Å². The van der Waals surface area contributed by atoms with E-state index in [2.05, 4.69) is 0 Å². The van der Waals surface area contributed by atoms with Gasteiger partial charge in [-0.1, -0.05) is 0 Å². The Morgan fingerprint density at radius 2 is 0.826 bits per heavy atom. The maximum Gasteiger partial charge on any atom is 0.460 e. The molecule has 0 bridgehead atoms. The summed E-state index contributed by atoms with van der Waals surface area (Å²) >= 11 is 0. The third kappa shape index (κ3) is 3.10. The largest absolute Gasteiger partial charge is 0.477 e. The van der Waals surface area contributed by atoms with Crippen molar-refractivity contribution in [2.45, 2.75) is 35.8 Å². The molecule has 23 heavy (non-hydrogen) atoms. The molecule has 0 rings (SSSR count). The van der Waals surface area contributed by atoms with Crippen molar-refractivity contribution in [1.82, 2.24) is 0 Å². The summed E-state index contributed by atoms with van der Waals surface area (Å²) in [6.07, 6.45) is -7.52. The molecule has 0 aliphatic heterocycles. The summed E-state index contributed by atoms with van der Waals surface area (Å²) < 4.78 is 159. The van der Waals surface area contributed by atoms with E-state index in [0.717, 1.165) is 0 Å². The van der Waals surface area contributed by atoms with Crippen LogP contribution in [0, 0.1) is 0 Å². The van der Waals surface area contributed by atoms with E-state index in [1.165, 1.54) is 0 Å². The topological polar surface area (TPSA) is 37.3 Å². The molecule has 0 aromatic heterocycles. The molecule has 0 spiro atoms. The van der Waals surface area contributed by atoms with Crippen molar-refractivity contribution < 1.29 is 86.5 Å². The van der Waals surface area contributed by atoms with Crippen LogP contribution in [0.1, 0.15) is 0 Å². The van der Waals surface area contributed by atoms with Gasteiger partial charge in [0, 0.05) is 19.5 Å². The van der Waals surface area contributed by atoms with Gasteiger partial charge in [-0.25, -0.2) is 4.79 Å². The van der Waals surface area contributed by atoms with Gasteiger partial charge in [-0.3, -0.25) is 0 Å². The molecule has 0 aliphatic rings. The summed E-state index contributed by atoms with van der Waals surface area (Å²) in [6, 6.07) is 0. The fourth-order valence-electron chi connectivity index (χ4n) is 0.904. The van der Waals surface area contributed by atoms with Gasteiger partial charge in [0.2, 0.25) is 0 Å². The maximum atomic E-state index is 12.6. The van der Waals surface area contributed by atoms with E-state index in [-0.39, 0.29) is 19.5 Å². The van der Waals surface area contributed by atoms with Crippen LogP contribution >= 0.6 is 0 Å². The van der Waals surface area contributed by atoms with Gasteiger partial charge < -0.3 is 5.11 Å². The van der Waals surface area contributed by atoms with Gasteiger partial charge in [-0.15, -0.1) is 0 Å². The molecule has 0 aliphatic carbocycles. The number of carboxylic acid groups (broad SMARTS) is 1. The third-order valence-corrected chi connectivity index (χ3v) is 2.20. The van der Waals surface area contributed by atoms with Crippen molar-refractivity contribution in [2.24, 2.45) is 0 Å². The first-order valence-electron chi connectivity index (χ1n) is 4.38. The molecule has 0 unspecified atom stereocenters. The van der Waals surface area contributed by atoms with E-state index in [9.17, 15) is 61.9 Å². The molecule has 134 valence electrons. The van der Waals surface area contributed by atoms with Crippen molar-refractivity contribution in [1.29, 1.82) is 0 Å². The average Bonchev–Trinajstić information content (AvgIpc) is 2.25. The molecule has 0 aromatic carbocycles. The van der Waals surface area contributed by atoms with Crippen LogP contribution in [0.2, 0.25) is 0 Å². The summed E-state index contributed by atoms with van der Waals surface area (Å²) in [5, 5.41) is 7.55. The quantitative estimate of drug-likeness (QED) is 0.533. The zero-order chi connectivity index (χ0) is 18.6. The zero-order valence-electron chi connectivity index (χ0n) is 9.98. The van der Waals surface area contributed by atoms with Crippen LogP contribution < -0.4 is 0 Å². The SMILES string of the molecule is O=C(O)C(F)(F)C(F)(F)C(F)(F)C(F)(F)C(F)(F)C(F)(F)F.[Zn]. The monoisotopic (exact) mass is 428 g/mol. The average molecular weight is 429 g/mol. The van der Waals surface area contributed by atoms with Gasteiger partial charge in [0.25, 0.3) is 0 Å². The van der Waals surface area contributed by atoms with Crippen molar-refractivity contribution in [3.8, 4) is 0 Å². The Balaban J connectivity index is 0. The second kappa shape index (κ2) is 5.92. The van der Waals surface area contributed by atoms with Crippen LogP contribution in [0.4, 0.5) is 57.1 Å². The standard InChI is InChI=1S/C7HF13O2.Zn/c8-2(9,1(21)22)3(10,11)4(12,13)5(14,15)6(16,17)7(18,19)20;/h(H,21,22);. The summed E-state index contributed by atoms with van der Waals surface area (Å²) in [5.74, 6) is -43.0. The Hall–Kier alpha value is -0.817. The number of carboxylic acids is 1. The predicted molar refractivity (Wildman–Crippen MR) is 38.4 cm³/mol. The fraction of sp³-hybridized carbons (Fsp3) is 0.857. The molecule has 0 fully saturated rings. The summed E-state index contributed by atoms with van der Waals surface area (Å²) in [6.45, 7) is 0. The van der Waals surface area contributed by atoms with Gasteiger partial charge in [0.05, 0.1) is 0 Å². The van der Waals surface area contributed by atoms with Crippen LogP contribution in [-0.4, -0.2) is 46.9 Å². The normalized spacial score (nSPS) is 15.2. The molecule has 16 heteroatoms. The molecule has 0 saturated heterocycles. The molecule has 0 aromatic rings. The second-order valence-electron chi connectivity index (χ2n) is 3.67. The number of alkyl halides is 13. The van der Waals surface area contributed by atoms with Gasteiger partial charge >= 0.3 is 41.8 Å². The van der Waals surface area contributed by atoms with Gasteiger partial charge in [0.15, 0.2) is 0 Å². The third-order valence-electron chi connectivity index (χ3n) is 2.20. The Kier molecular flexibility index (Phi) is 6.29. The van der Waals surface area contributed by atoms with Crippen molar-refractivity contribution >= 4 is 5.97 Å². The summed E-state index contributed by atoms with van der Waals surface area (Å²) in [4.78, 5) is 9.67. The number of aliphatic carboxylic acids is 1. The van der Waals surface area contributed by atoms with Crippen LogP contribution in [0.25, 0.3) is 0 Å². The Morgan fingerprint density at radius 1 is 0.565 bits per heavy atom. The van der Waals surface area contributed by atoms with Crippen molar-refractivity contribution in [3.05, 3.63) is 0 Å². The molecule has 1 N–H and O–H groups in total. The van der Waals surface area contributed by atoms with E-state index in [0.29, 0.717) is 0 Å². The van der Waals surface area contributed by atoms with Gasteiger partial charge in [-0.05, 0) is 0 Å². The molecular formula is C7HF13O2Zn. The minimum Gasteiger partial charge on any atom is -0.477 e. The first kappa shape index (κ1) is 24.4. The smallest absolute Gasteiger partial charge is 0.460 e. The zero-order valence-corrected chi connectivity index (χ0v) is 12.9. The maximum absolute atomic E-state index is 12.6. The van der Waals surface area contributed by atoms with E-state index >= 15 is 0 Å². The Bertz CT molecular complexity index is 454. The van der Waals surface area contributed by atoms with Crippen molar-refractivity contribution in [3.63, 3.8) is 0 Å². The molecular weight excluding hydrogens is 428 g/mol. The second-order valence-corrected chi connectivity index (χ2v) is 3.67. The predicted octanol–water partition coefficient (Wildman–Crippen LogP) is 3.81. The number of hydrogen-bond acceptors (Lipinski definition) is 1. The first-order valence-corrected chi connectivity index (χ1v) is 4.38. The van der Waals surface area contributed by atoms with Gasteiger partial charge in [0.1, 0.15) is 0 Å². The van der Waals surface area contributed by atoms with E-state index in [1.807, 2.05) is 0 Å². The number of rotatable bonds is 5. The Labute approximate surface area is 129 Å². The molecule has 0 radical (unpaired) electrons. The first-order chi connectivity index (χ1) is 9.19. The van der Waals surface area contributed by atoms with Crippen LogP contribution in [0.5, 0.6) is 0 Å². The molecule has 0 atom stereocenters. The van der Waals surface area contributed by atoms with Gasteiger partial charge in [-0.2, -0.15) is 57.1 Å². The molecule has 0 heterocycles. The van der Waals surface area contributed by atoms with Crippen LogP contribution in [-0.2, 0) is 24.3 Å². The number of hydrogen-bond donors (Lipinski definition) is 1. The number of carbonyl (C=O) groups is 1. The van der Waals surface area contributed by atoms with E-state index < -0.39 is 41.8 Å². The summed E-state index contributed by atoms with van der Waals surface area (Å²) in [5.41, 5.74) is 0. The summed E-state index contributed by atoms with van der Waals surface area (Å²) in [7, 11) is 0. The molecule has 0 amide bonds. The minimum atomic E-state index is -8.08. The Morgan fingerprint density at radius 3 is 1.04 bits per heavy atom. The molecule has 2 nitrogen and oxygen atoms in total. The fourth-order valence-corrected chi connectivity index (χ4v) is 0.904. The minimum absolute atomic E-state index is 0. The van der Waals surface area contributed by atoms with Crippen molar-refractivity contribution in [2.75, 3.05) is 0 Å². The van der Waals surface area contributed by atoms with Crippen LogP contribution in [0.3, 0.4) is 0 Å².